The minimum atomic E-state index is -4.46. The van der Waals surface area contributed by atoms with Crippen LogP contribution in [-0.2, 0) is 15.8 Å². The van der Waals surface area contributed by atoms with Crippen LogP contribution < -0.4 is 0 Å². The Morgan fingerprint density at radius 2 is 2.00 bits per heavy atom. The minimum absolute atomic E-state index is 0.102. The second kappa shape index (κ2) is 6.83. The summed E-state index contributed by atoms with van der Waals surface area (Å²) >= 11 is 0. The Bertz CT molecular complexity index is 630. The SMILES string of the molecule is CCC(C(=O)N1C[C@@H](C)[C@H](C(=O)O)C1)c1cccc(C(F)(F)F)c1. The predicted molar refractivity (Wildman–Crippen MR) is 81.3 cm³/mol. The maximum Gasteiger partial charge on any atom is 0.416 e. The van der Waals surface area contributed by atoms with E-state index in [1.807, 2.05) is 0 Å². The molecule has 0 spiro atoms. The molecule has 1 unspecified atom stereocenters. The number of aliphatic carboxylic acids is 1. The fraction of sp³-hybridized carbons (Fsp3) is 0.529. The monoisotopic (exact) mass is 343 g/mol. The second-order valence-corrected chi connectivity index (χ2v) is 6.25. The maximum absolute atomic E-state index is 12.9. The van der Waals surface area contributed by atoms with Crippen LogP contribution in [-0.4, -0.2) is 35.0 Å². The van der Waals surface area contributed by atoms with Crippen molar-refractivity contribution in [1.82, 2.24) is 4.90 Å². The highest BCUT2D eigenvalue weighted by atomic mass is 19.4. The smallest absolute Gasteiger partial charge is 0.416 e. The largest absolute Gasteiger partial charge is 0.481 e. The van der Waals surface area contributed by atoms with Gasteiger partial charge in [0.2, 0.25) is 5.91 Å². The maximum atomic E-state index is 12.9. The van der Waals surface area contributed by atoms with Crippen LogP contribution in [0.2, 0.25) is 0 Å². The first-order valence-corrected chi connectivity index (χ1v) is 7.83. The lowest BCUT2D eigenvalue weighted by Crippen LogP contribution is -2.34. The van der Waals surface area contributed by atoms with Gasteiger partial charge in [-0.3, -0.25) is 9.59 Å². The number of alkyl halides is 3. The van der Waals surface area contributed by atoms with Crippen molar-refractivity contribution in [3.63, 3.8) is 0 Å². The first-order chi connectivity index (χ1) is 11.1. The highest BCUT2D eigenvalue weighted by molar-refractivity contribution is 5.85. The van der Waals surface area contributed by atoms with Crippen molar-refractivity contribution in [2.45, 2.75) is 32.4 Å². The summed E-state index contributed by atoms with van der Waals surface area (Å²) in [4.78, 5) is 25.3. The lowest BCUT2D eigenvalue weighted by Gasteiger charge is -2.23. The van der Waals surface area contributed by atoms with E-state index in [-0.39, 0.29) is 18.4 Å². The van der Waals surface area contributed by atoms with E-state index in [0.29, 0.717) is 18.5 Å². The molecule has 4 nitrogen and oxygen atoms in total. The number of hydrogen-bond donors (Lipinski definition) is 1. The number of nitrogens with zero attached hydrogens (tertiary/aromatic N) is 1. The average molecular weight is 343 g/mol. The van der Waals surface area contributed by atoms with Gasteiger partial charge in [0.15, 0.2) is 0 Å². The Hall–Kier alpha value is -2.05. The summed E-state index contributed by atoms with van der Waals surface area (Å²) in [6.45, 7) is 3.91. The molecule has 1 aromatic carbocycles. The van der Waals surface area contributed by atoms with Crippen molar-refractivity contribution in [2.75, 3.05) is 13.1 Å². The Morgan fingerprint density at radius 1 is 1.33 bits per heavy atom. The van der Waals surface area contributed by atoms with Gasteiger partial charge in [0.1, 0.15) is 0 Å². The molecule has 1 N–H and O–H groups in total. The van der Waals surface area contributed by atoms with Gasteiger partial charge in [-0.1, -0.05) is 32.0 Å². The van der Waals surface area contributed by atoms with Crippen molar-refractivity contribution >= 4 is 11.9 Å². The first kappa shape index (κ1) is 18.3. The Kier molecular flexibility index (Phi) is 5.20. The van der Waals surface area contributed by atoms with Gasteiger partial charge in [0.05, 0.1) is 17.4 Å². The van der Waals surface area contributed by atoms with Gasteiger partial charge in [-0.15, -0.1) is 0 Å². The molecule has 7 heteroatoms. The molecular weight excluding hydrogens is 323 g/mol. The predicted octanol–water partition coefficient (Wildman–Crippen LogP) is 3.38. The zero-order chi connectivity index (χ0) is 18.1. The van der Waals surface area contributed by atoms with E-state index in [4.69, 9.17) is 5.11 Å². The van der Waals surface area contributed by atoms with E-state index in [1.54, 1.807) is 13.8 Å². The van der Waals surface area contributed by atoms with Gasteiger partial charge in [-0.25, -0.2) is 0 Å². The van der Waals surface area contributed by atoms with E-state index in [1.165, 1.54) is 17.0 Å². The topological polar surface area (TPSA) is 57.6 Å². The van der Waals surface area contributed by atoms with Crippen LogP contribution in [0.1, 0.15) is 37.3 Å². The molecular formula is C17H20F3NO3. The number of carbonyl (C=O) groups is 2. The van der Waals surface area contributed by atoms with Crippen LogP contribution in [0.15, 0.2) is 24.3 Å². The van der Waals surface area contributed by atoms with Crippen molar-refractivity contribution in [1.29, 1.82) is 0 Å². The Morgan fingerprint density at radius 3 is 2.50 bits per heavy atom. The molecule has 1 aliphatic heterocycles. The molecule has 0 saturated carbocycles. The van der Waals surface area contributed by atoms with Crippen LogP contribution in [0.25, 0.3) is 0 Å². The summed E-state index contributed by atoms with van der Waals surface area (Å²) in [5.41, 5.74) is -0.479. The fourth-order valence-corrected chi connectivity index (χ4v) is 3.17. The highest BCUT2D eigenvalue weighted by Gasteiger charge is 2.39. The Balaban J connectivity index is 2.23. The summed E-state index contributed by atoms with van der Waals surface area (Å²) in [5, 5.41) is 9.16. The average Bonchev–Trinajstić information content (AvgIpc) is 2.89. The van der Waals surface area contributed by atoms with Gasteiger partial charge in [-0.2, -0.15) is 13.2 Å². The number of rotatable bonds is 4. The molecule has 0 aliphatic carbocycles. The fourth-order valence-electron chi connectivity index (χ4n) is 3.17. The molecule has 1 heterocycles. The zero-order valence-corrected chi connectivity index (χ0v) is 13.5. The minimum Gasteiger partial charge on any atom is -0.481 e. The number of carboxylic acids is 1. The van der Waals surface area contributed by atoms with Gasteiger partial charge >= 0.3 is 12.1 Å². The molecule has 3 atom stereocenters. The van der Waals surface area contributed by atoms with Crippen molar-refractivity contribution in [2.24, 2.45) is 11.8 Å². The van der Waals surface area contributed by atoms with Gasteiger partial charge in [0, 0.05) is 13.1 Å². The third-order valence-electron chi connectivity index (χ3n) is 4.56. The van der Waals surface area contributed by atoms with E-state index >= 15 is 0 Å². The molecule has 24 heavy (non-hydrogen) atoms. The number of carbonyl (C=O) groups excluding carboxylic acids is 1. The number of hydrogen-bond acceptors (Lipinski definition) is 2. The molecule has 1 aromatic rings. The number of benzene rings is 1. The third kappa shape index (κ3) is 3.71. The van der Waals surface area contributed by atoms with Crippen LogP contribution in [0.4, 0.5) is 13.2 Å². The lowest BCUT2D eigenvalue weighted by atomic mass is 9.93. The number of amides is 1. The number of halogens is 3. The van der Waals surface area contributed by atoms with Crippen LogP contribution >= 0.6 is 0 Å². The normalized spacial score (nSPS) is 22.5. The quantitative estimate of drug-likeness (QED) is 0.912. The number of carboxylic acid groups (broad SMARTS) is 1. The zero-order valence-electron chi connectivity index (χ0n) is 13.5. The van der Waals surface area contributed by atoms with Gasteiger partial charge < -0.3 is 10.0 Å². The molecule has 0 aromatic heterocycles. The van der Waals surface area contributed by atoms with Gasteiger partial charge in [-0.05, 0) is 24.0 Å². The summed E-state index contributed by atoms with van der Waals surface area (Å²) in [6.07, 6.45) is -4.11. The van der Waals surface area contributed by atoms with E-state index in [0.717, 1.165) is 12.1 Å². The van der Waals surface area contributed by atoms with E-state index in [9.17, 15) is 22.8 Å². The molecule has 0 bridgehead atoms. The summed E-state index contributed by atoms with van der Waals surface area (Å²) < 4.78 is 38.6. The van der Waals surface area contributed by atoms with Crippen LogP contribution in [0.5, 0.6) is 0 Å². The van der Waals surface area contributed by atoms with Crippen LogP contribution in [0, 0.1) is 11.8 Å². The van der Waals surface area contributed by atoms with Gasteiger partial charge in [0.25, 0.3) is 0 Å². The molecule has 1 amide bonds. The molecule has 1 aliphatic rings. The number of likely N-dealkylation sites (tertiary alicyclic amines) is 1. The first-order valence-electron chi connectivity index (χ1n) is 7.83. The van der Waals surface area contributed by atoms with E-state index < -0.39 is 29.5 Å². The Labute approximate surface area is 138 Å². The molecule has 1 fully saturated rings. The molecule has 2 rings (SSSR count). The summed E-state index contributed by atoms with van der Waals surface area (Å²) in [5.74, 6) is -2.78. The third-order valence-corrected chi connectivity index (χ3v) is 4.56. The summed E-state index contributed by atoms with van der Waals surface area (Å²) in [7, 11) is 0. The van der Waals surface area contributed by atoms with E-state index in [2.05, 4.69) is 0 Å². The van der Waals surface area contributed by atoms with Crippen molar-refractivity contribution in [3.8, 4) is 0 Å². The molecule has 1 saturated heterocycles. The second-order valence-electron chi connectivity index (χ2n) is 6.25. The standard InChI is InChI=1S/C17H20F3NO3/c1-3-13(11-5-4-6-12(7-11)17(18,19)20)15(22)21-8-10(2)14(9-21)16(23)24/h4-7,10,13-14H,3,8-9H2,1-2H3,(H,23,24)/t10-,13?,14-/m1/s1. The van der Waals surface area contributed by atoms with Crippen molar-refractivity contribution < 1.29 is 27.9 Å². The van der Waals surface area contributed by atoms with Crippen LogP contribution in [0.3, 0.4) is 0 Å². The molecule has 132 valence electrons. The van der Waals surface area contributed by atoms with Crippen molar-refractivity contribution in [3.05, 3.63) is 35.4 Å². The highest BCUT2D eigenvalue weighted by Crippen LogP contribution is 2.33. The molecule has 0 radical (unpaired) electrons. The summed E-state index contributed by atoms with van der Waals surface area (Å²) in [6, 6.07) is 4.77. The lowest BCUT2D eigenvalue weighted by molar-refractivity contribution is -0.142.